The van der Waals surface area contributed by atoms with E-state index in [1.54, 1.807) is 16.0 Å². The van der Waals surface area contributed by atoms with Gasteiger partial charge in [0.25, 0.3) is 0 Å². The SMILES string of the molecule is CC(C)(C)OC(=O)N1CCC[C@H]1C(=O)N1CCc2c(-c3cn[nH]c3C#N)cccc21. The molecule has 0 saturated carbocycles. The van der Waals surface area contributed by atoms with E-state index in [4.69, 9.17) is 4.74 Å². The molecule has 2 aromatic rings. The second-order valence-electron chi connectivity index (χ2n) is 8.65. The molecule has 1 aromatic heterocycles. The van der Waals surface area contributed by atoms with Gasteiger partial charge in [-0.05, 0) is 57.2 Å². The highest BCUT2D eigenvalue weighted by Gasteiger charge is 2.40. The molecule has 3 heterocycles. The first-order valence-electron chi connectivity index (χ1n) is 10.2. The number of ether oxygens (including phenoxy) is 1. The number of hydrogen-bond donors (Lipinski definition) is 1. The minimum Gasteiger partial charge on any atom is -0.444 e. The molecule has 30 heavy (non-hydrogen) atoms. The quantitative estimate of drug-likeness (QED) is 0.823. The lowest BCUT2D eigenvalue weighted by Crippen LogP contribution is -2.48. The van der Waals surface area contributed by atoms with Gasteiger partial charge in [-0.2, -0.15) is 10.4 Å². The number of nitrogens with zero attached hydrogens (tertiary/aromatic N) is 4. The zero-order valence-electron chi connectivity index (χ0n) is 17.4. The fraction of sp³-hybridized carbons (Fsp3) is 0.455. The molecule has 0 spiro atoms. The van der Waals surface area contributed by atoms with Crippen LogP contribution in [-0.4, -0.2) is 51.8 Å². The third-order valence-electron chi connectivity index (χ3n) is 5.50. The molecule has 1 N–H and O–H groups in total. The highest BCUT2D eigenvalue weighted by Crippen LogP contribution is 2.38. The number of hydrogen-bond acceptors (Lipinski definition) is 5. The molecule has 2 amide bonds. The maximum absolute atomic E-state index is 13.4. The number of H-pyrrole nitrogens is 1. The Kier molecular flexibility index (Phi) is 4.98. The average Bonchev–Trinajstić information content (AvgIpc) is 3.44. The molecule has 8 nitrogen and oxygen atoms in total. The van der Waals surface area contributed by atoms with Crippen molar-refractivity contribution >= 4 is 17.7 Å². The number of fused-ring (bicyclic) bond motifs is 1. The van der Waals surface area contributed by atoms with Gasteiger partial charge in [0.15, 0.2) is 0 Å². The van der Waals surface area contributed by atoms with Crippen LogP contribution in [0.5, 0.6) is 0 Å². The fourth-order valence-electron chi connectivity index (χ4n) is 4.23. The van der Waals surface area contributed by atoms with E-state index in [0.29, 0.717) is 31.6 Å². The Morgan fingerprint density at radius 1 is 1.27 bits per heavy atom. The van der Waals surface area contributed by atoms with Crippen LogP contribution in [0.2, 0.25) is 0 Å². The number of aromatic amines is 1. The van der Waals surface area contributed by atoms with E-state index in [-0.39, 0.29) is 5.91 Å². The third kappa shape index (κ3) is 3.52. The predicted molar refractivity (Wildman–Crippen MR) is 111 cm³/mol. The summed E-state index contributed by atoms with van der Waals surface area (Å²) in [5.74, 6) is -0.0815. The highest BCUT2D eigenvalue weighted by molar-refractivity contribution is 6.01. The van der Waals surface area contributed by atoms with Crippen LogP contribution in [-0.2, 0) is 16.0 Å². The van der Waals surface area contributed by atoms with Crippen LogP contribution in [0.1, 0.15) is 44.9 Å². The maximum Gasteiger partial charge on any atom is 0.410 e. The summed E-state index contributed by atoms with van der Waals surface area (Å²) in [4.78, 5) is 29.3. The zero-order valence-corrected chi connectivity index (χ0v) is 17.4. The van der Waals surface area contributed by atoms with Gasteiger partial charge in [-0.15, -0.1) is 0 Å². The third-order valence-corrected chi connectivity index (χ3v) is 5.50. The van der Waals surface area contributed by atoms with Crippen LogP contribution in [0.15, 0.2) is 24.4 Å². The normalized spacial score (nSPS) is 18.3. The van der Waals surface area contributed by atoms with Crippen LogP contribution in [0.3, 0.4) is 0 Å². The molecule has 0 unspecified atom stereocenters. The van der Waals surface area contributed by atoms with Gasteiger partial charge in [-0.3, -0.25) is 14.8 Å². The van der Waals surface area contributed by atoms with E-state index in [0.717, 1.165) is 28.8 Å². The molecule has 1 aromatic carbocycles. The summed E-state index contributed by atoms with van der Waals surface area (Å²) in [6.45, 7) is 6.53. The van der Waals surface area contributed by atoms with Gasteiger partial charge in [-0.1, -0.05) is 12.1 Å². The molecule has 2 aliphatic heterocycles. The Balaban J connectivity index is 1.61. The Labute approximate surface area is 175 Å². The summed E-state index contributed by atoms with van der Waals surface area (Å²) >= 11 is 0. The Morgan fingerprint density at radius 2 is 2.07 bits per heavy atom. The number of carbonyl (C=O) groups is 2. The van der Waals surface area contributed by atoms with E-state index in [1.807, 2.05) is 39.0 Å². The second-order valence-corrected chi connectivity index (χ2v) is 8.65. The smallest absolute Gasteiger partial charge is 0.410 e. The van der Waals surface area contributed by atoms with E-state index in [9.17, 15) is 14.9 Å². The zero-order chi connectivity index (χ0) is 21.5. The van der Waals surface area contributed by atoms with Crippen molar-refractivity contribution in [3.63, 3.8) is 0 Å². The Hall–Kier alpha value is -3.34. The fourth-order valence-corrected chi connectivity index (χ4v) is 4.23. The number of nitrogens with one attached hydrogen (secondary N) is 1. The topological polar surface area (TPSA) is 102 Å². The van der Waals surface area contributed by atoms with Gasteiger partial charge in [-0.25, -0.2) is 4.79 Å². The average molecular weight is 407 g/mol. The molecule has 156 valence electrons. The lowest BCUT2D eigenvalue weighted by molar-refractivity contribution is -0.122. The predicted octanol–water partition coefficient (Wildman–Crippen LogP) is 3.24. The van der Waals surface area contributed by atoms with Crippen LogP contribution in [0.25, 0.3) is 11.1 Å². The molecular weight excluding hydrogens is 382 g/mol. The number of anilines is 1. The van der Waals surface area contributed by atoms with Gasteiger partial charge in [0.1, 0.15) is 23.4 Å². The van der Waals surface area contributed by atoms with Crippen LogP contribution in [0, 0.1) is 11.3 Å². The number of carbonyl (C=O) groups excluding carboxylic acids is 2. The van der Waals surface area contributed by atoms with Crippen molar-refractivity contribution in [3.8, 4) is 17.2 Å². The first-order chi connectivity index (χ1) is 14.3. The second kappa shape index (κ2) is 7.48. The summed E-state index contributed by atoms with van der Waals surface area (Å²) in [7, 11) is 0. The number of rotatable bonds is 2. The number of likely N-dealkylation sites (tertiary alicyclic amines) is 1. The molecule has 4 rings (SSSR count). The minimum atomic E-state index is -0.606. The van der Waals surface area contributed by atoms with Crippen molar-refractivity contribution in [3.05, 3.63) is 35.7 Å². The number of amides is 2. The molecule has 8 heteroatoms. The van der Waals surface area contributed by atoms with E-state index in [2.05, 4.69) is 16.3 Å². The standard InChI is InChI=1S/C22H25N5O3/c1-22(2,3)30-21(29)27-10-5-8-19(27)20(28)26-11-9-15-14(6-4-7-18(15)26)16-13-24-25-17(16)12-23/h4,6-7,13,19H,5,8-11H2,1-3H3,(H,24,25)/t19-/m0/s1. The van der Waals surface area contributed by atoms with Crippen molar-refractivity contribution in [1.82, 2.24) is 15.1 Å². The van der Waals surface area contributed by atoms with Crippen molar-refractivity contribution in [1.29, 1.82) is 5.26 Å². The van der Waals surface area contributed by atoms with Crippen molar-refractivity contribution in [2.75, 3.05) is 18.0 Å². The number of benzene rings is 1. The molecule has 0 bridgehead atoms. The summed E-state index contributed by atoms with van der Waals surface area (Å²) in [5, 5.41) is 16.0. The maximum atomic E-state index is 13.4. The molecule has 0 radical (unpaired) electrons. The van der Waals surface area contributed by atoms with E-state index in [1.165, 1.54) is 0 Å². The van der Waals surface area contributed by atoms with Gasteiger partial charge < -0.3 is 9.64 Å². The first kappa shape index (κ1) is 20.0. The minimum absolute atomic E-state index is 0.0815. The summed E-state index contributed by atoms with van der Waals surface area (Å²) in [6, 6.07) is 7.36. The summed E-state index contributed by atoms with van der Waals surface area (Å²) in [6.07, 6.45) is 3.29. The molecular formula is C22H25N5O3. The Bertz CT molecular complexity index is 1030. The van der Waals surface area contributed by atoms with Crippen LogP contribution < -0.4 is 4.90 Å². The van der Waals surface area contributed by atoms with Crippen molar-refractivity contribution in [2.24, 2.45) is 0 Å². The van der Waals surface area contributed by atoms with E-state index < -0.39 is 17.7 Å². The molecule has 1 atom stereocenters. The van der Waals surface area contributed by atoms with Crippen molar-refractivity contribution in [2.45, 2.75) is 51.7 Å². The van der Waals surface area contributed by atoms with Crippen LogP contribution in [0.4, 0.5) is 10.5 Å². The largest absolute Gasteiger partial charge is 0.444 e. The lowest BCUT2D eigenvalue weighted by Gasteiger charge is -2.30. The molecule has 1 saturated heterocycles. The lowest BCUT2D eigenvalue weighted by atomic mass is 9.98. The van der Waals surface area contributed by atoms with Gasteiger partial charge in [0, 0.05) is 24.3 Å². The summed E-state index contributed by atoms with van der Waals surface area (Å²) < 4.78 is 5.50. The van der Waals surface area contributed by atoms with Gasteiger partial charge in [0.2, 0.25) is 5.91 Å². The van der Waals surface area contributed by atoms with Crippen LogP contribution >= 0.6 is 0 Å². The van der Waals surface area contributed by atoms with Crippen molar-refractivity contribution < 1.29 is 14.3 Å². The Morgan fingerprint density at radius 3 is 2.80 bits per heavy atom. The monoisotopic (exact) mass is 407 g/mol. The molecule has 1 fully saturated rings. The van der Waals surface area contributed by atoms with Gasteiger partial charge >= 0.3 is 6.09 Å². The van der Waals surface area contributed by atoms with Gasteiger partial charge in [0.05, 0.1) is 6.20 Å². The number of aromatic nitrogens is 2. The highest BCUT2D eigenvalue weighted by atomic mass is 16.6. The molecule has 0 aliphatic carbocycles. The van der Waals surface area contributed by atoms with E-state index >= 15 is 0 Å². The first-order valence-corrected chi connectivity index (χ1v) is 10.2. The number of nitriles is 1. The molecule has 2 aliphatic rings. The summed E-state index contributed by atoms with van der Waals surface area (Å²) in [5.41, 5.74) is 3.29.